The van der Waals surface area contributed by atoms with E-state index in [4.69, 9.17) is 34.4 Å². The molecule has 0 spiro atoms. The number of phenolic OH excluding ortho intramolecular Hbond substituents is 2. The third-order valence-corrected chi connectivity index (χ3v) is 20.3. The summed E-state index contributed by atoms with van der Waals surface area (Å²) in [4.78, 5) is 328. The molecule has 0 aromatic heterocycles. The Morgan fingerprint density at radius 1 is 0.364 bits per heavy atom. The molecule has 132 heavy (non-hydrogen) atoms. The molecule has 50 heteroatoms. The van der Waals surface area contributed by atoms with E-state index in [9.17, 15) is 125 Å². The Hall–Kier alpha value is -14.7. The van der Waals surface area contributed by atoms with Crippen LogP contribution < -0.4 is 130 Å². The maximum atomic E-state index is 14.7. The quantitative estimate of drug-likeness (QED) is 0.0301. The first-order valence-corrected chi connectivity index (χ1v) is 42.5. The first-order chi connectivity index (χ1) is 62.0. The summed E-state index contributed by atoms with van der Waals surface area (Å²) in [5.74, 6) is -29.9. The largest absolute Gasteiger partial charge is 0.508 e. The van der Waals surface area contributed by atoms with E-state index in [0.717, 1.165) is 0 Å². The van der Waals surface area contributed by atoms with Crippen LogP contribution in [-0.2, 0) is 128 Å². The summed E-state index contributed by atoms with van der Waals surface area (Å²) in [6.07, 6.45) is -8.75. The van der Waals surface area contributed by atoms with Crippen LogP contribution in [0.1, 0.15) is 156 Å². The maximum absolute atomic E-state index is 14.7. The highest BCUT2D eigenvalue weighted by atomic mass is 16.3. The molecule has 0 saturated carbocycles. The third-order valence-electron chi connectivity index (χ3n) is 20.3. The summed E-state index contributed by atoms with van der Waals surface area (Å²) in [6.45, 7) is 7.77. The zero-order chi connectivity index (χ0) is 99.3. The van der Waals surface area contributed by atoms with Crippen LogP contribution in [0.2, 0.25) is 0 Å². The van der Waals surface area contributed by atoms with Crippen LogP contribution in [0.25, 0.3) is 0 Å². The molecule has 0 radical (unpaired) electrons. The van der Waals surface area contributed by atoms with E-state index < -0.39 is 342 Å². The van der Waals surface area contributed by atoms with E-state index in [1.54, 1.807) is 41.5 Å². The van der Waals surface area contributed by atoms with Gasteiger partial charge in [-0.25, -0.2) is 0 Å². The van der Waals surface area contributed by atoms with Crippen molar-refractivity contribution in [2.24, 2.45) is 58.1 Å². The van der Waals surface area contributed by atoms with Crippen molar-refractivity contribution in [3.8, 4) is 11.5 Å². The Labute approximate surface area is 758 Å². The van der Waals surface area contributed by atoms with Gasteiger partial charge in [0.2, 0.25) is 142 Å². The molecular weight excluding hydrogens is 1740 g/mol. The minimum atomic E-state index is -2.13. The highest BCUT2D eigenvalue weighted by Crippen LogP contribution is 2.19. The van der Waals surface area contributed by atoms with Gasteiger partial charge in [0.25, 0.3) is 0 Å². The van der Waals surface area contributed by atoms with Gasteiger partial charge in [0.15, 0.2) is 0 Å². The number of hydrogen-bond acceptors (Lipinski definition) is 26. The van der Waals surface area contributed by atoms with E-state index in [2.05, 4.69) is 95.7 Å². The van der Waals surface area contributed by atoms with Gasteiger partial charge in [-0.3, -0.25) is 115 Å². The summed E-state index contributed by atoms with van der Waals surface area (Å²) in [6, 6.07) is -11.1. The zero-order valence-electron chi connectivity index (χ0n) is 74.6. The van der Waals surface area contributed by atoms with Gasteiger partial charge in [-0.1, -0.05) is 92.5 Å². The predicted molar refractivity (Wildman–Crippen MR) is 464 cm³/mol. The van der Waals surface area contributed by atoms with Crippen LogP contribution in [-0.4, -0.2) is 264 Å². The number of primary amides is 6. The van der Waals surface area contributed by atoms with Gasteiger partial charge in [-0.2, -0.15) is 0 Å². The Bertz CT molecular complexity index is 4200. The van der Waals surface area contributed by atoms with E-state index >= 15 is 0 Å². The van der Waals surface area contributed by atoms with Crippen molar-refractivity contribution in [2.75, 3.05) is 39.3 Å². The third kappa shape index (κ3) is 43.0. The Kier molecular flexibility index (Phi) is 47.8. The highest BCUT2D eigenvalue weighted by molar-refractivity contribution is 6.02. The molecule has 14 atom stereocenters. The van der Waals surface area contributed by atoms with Crippen molar-refractivity contribution in [2.45, 2.75) is 231 Å². The van der Waals surface area contributed by atoms with Gasteiger partial charge in [0, 0.05) is 38.5 Å². The van der Waals surface area contributed by atoms with E-state index in [1.165, 1.54) is 62.4 Å². The molecule has 0 aliphatic carbocycles. The molecule has 2 aromatic carbocycles. The van der Waals surface area contributed by atoms with Crippen LogP contribution in [0, 0.1) is 23.7 Å². The van der Waals surface area contributed by atoms with Gasteiger partial charge in [0.05, 0.1) is 52.1 Å². The second-order valence-corrected chi connectivity index (χ2v) is 32.4. The number of aromatic hydroxyl groups is 2. The fourth-order valence-corrected chi connectivity index (χ4v) is 12.8. The minimum Gasteiger partial charge on any atom is -0.508 e. The van der Waals surface area contributed by atoms with Crippen molar-refractivity contribution >= 4 is 142 Å². The standard InChI is InChI=1S/C82H124N24O26/c1-9-41(7)69-81(131)101-49(19-23-57(83)109)75(125)103-55(31-59(85)111)77(127)99-47(71(121)93-37-67(119)95-51(27-39(3)4)73(123)91-33-61(87)113)22-26-64(116)90-36-66(118)98-54(30-44-13-17-46(108)18-14-44)80(130)106-70(42(8)10-2)82(132)102-50(20-24-58(84)110)76(126)104-56(32-60(86)112)78(128)100-48(72(122)94-38-68(120)96-52(28-40(5)6)74(124)92-34-62(88)114)21-25-63(115)89-35-65(117)97-53(79(129)105-69)29-43-11-15-45(107)16-12-43/h11-18,39-42,47-56,69-70,107-108H,9-10,19-38H2,1-8H3,(H2,83,109)(H2,84,110)(H2,85,111)(H2,86,112)(H2,87,113)(H2,88,114)(H,89,115)(H,90,116)(H,91,123)(H,92,124)(H,93,121)(H,94,122)(H,95,119)(H,96,120)(H,97,117)(H,98,118)(H,99,127)(H,100,128)(H,101,131)(H,102,132)(H,103,125)(H,104,126)(H,105,129)(H,106,130)/t41-,42-,47-,48-,49-,50-,51-,52-,53-,54-,55-,56-,69-,70-/m0/s1. The molecule has 1 heterocycles. The summed E-state index contributed by atoms with van der Waals surface area (Å²) in [5.41, 5.74) is 33.1. The molecule has 24 amide bonds. The molecule has 1 aliphatic rings. The lowest BCUT2D eigenvalue weighted by Gasteiger charge is -2.29. The van der Waals surface area contributed by atoms with Crippen molar-refractivity contribution in [1.29, 1.82) is 0 Å². The molecule has 0 bridgehead atoms. The molecule has 1 saturated heterocycles. The van der Waals surface area contributed by atoms with Gasteiger partial charge < -0.3 is 140 Å². The Morgan fingerprint density at radius 3 is 0.970 bits per heavy atom. The number of carbonyl (C=O) groups is 24. The average molecular weight is 1860 g/mol. The van der Waals surface area contributed by atoms with Gasteiger partial charge in [-0.15, -0.1) is 0 Å². The van der Waals surface area contributed by atoms with Gasteiger partial charge >= 0.3 is 0 Å². The molecule has 1 aliphatic heterocycles. The Morgan fingerprint density at radius 2 is 0.674 bits per heavy atom. The molecule has 32 N–H and O–H groups in total. The van der Waals surface area contributed by atoms with Crippen molar-refractivity contribution < 1.29 is 125 Å². The molecule has 3 rings (SSSR count). The van der Waals surface area contributed by atoms with E-state index in [0.29, 0.717) is 0 Å². The summed E-state index contributed by atoms with van der Waals surface area (Å²) in [7, 11) is 0. The topological polar surface area (TPSA) is 823 Å². The molecule has 50 nitrogen and oxygen atoms in total. The fraction of sp³-hybridized carbons (Fsp3) is 0.561. The second-order valence-electron chi connectivity index (χ2n) is 32.4. The Balaban J connectivity index is 2.35. The lowest BCUT2D eigenvalue weighted by atomic mass is 9.96. The predicted octanol–water partition coefficient (Wildman–Crippen LogP) is -10.6. The SMILES string of the molecule is CC[C@H](C)[C@@H]1NC(=O)[C@H](Cc2ccc(O)cc2)NC(=O)CNC(=O)CC[C@@H](C(=O)NCC(=O)N[C@@H](CC(C)C)C(=O)NCC(N)=O)NC(=O)[C@H](CC(N)=O)NC(=O)[C@H](CCC(N)=O)NC(=O)[C@H]([C@@H](C)CC)NC(=O)[C@H](Cc2ccc(O)cc2)NC(=O)CNC(=O)CC[C@@H](C(=O)NCC(=O)N[C@@H](CC(C)C)C(=O)NCC(N)=O)NC(=O)[C@H](CC(N)=O)NC(=O)[C@H](CCC(N)=O)NC1=O. The number of nitrogens with two attached hydrogens (primary N) is 6. The lowest BCUT2D eigenvalue weighted by molar-refractivity contribution is -0.137. The van der Waals surface area contributed by atoms with Crippen molar-refractivity contribution in [1.82, 2.24) is 95.7 Å². The monoisotopic (exact) mass is 1860 g/mol. The molecule has 728 valence electrons. The fourth-order valence-electron chi connectivity index (χ4n) is 12.8. The number of phenols is 2. The first kappa shape index (κ1) is 111. The molecular formula is C82H124N24O26. The van der Waals surface area contributed by atoms with E-state index in [1.807, 2.05) is 0 Å². The zero-order valence-corrected chi connectivity index (χ0v) is 74.6. The summed E-state index contributed by atoms with van der Waals surface area (Å²) < 4.78 is 0. The number of amides is 24. The smallest absolute Gasteiger partial charge is 0.243 e. The van der Waals surface area contributed by atoms with Crippen LogP contribution in [0.3, 0.4) is 0 Å². The van der Waals surface area contributed by atoms with Crippen LogP contribution in [0.5, 0.6) is 11.5 Å². The molecule has 0 unspecified atom stereocenters. The summed E-state index contributed by atoms with van der Waals surface area (Å²) in [5, 5.41) is 62.5. The lowest BCUT2D eigenvalue weighted by Crippen LogP contribution is -2.61. The van der Waals surface area contributed by atoms with Crippen LogP contribution in [0.15, 0.2) is 48.5 Å². The normalized spacial score (nSPS) is 21.2. The number of benzene rings is 2. The number of hydrogen-bond donors (Lipinski definition) is 26. The van der Waals surface area contributed by atoms with Gasteiger partial charge in [0.1, 0.15) is 84.0 Å². The minimum absolute atomic E-state index is 0.00853. The van der Waals surface area contributed by atoms with Gasteiger partial charge in [-0.05, 0) is 97.6 Å². The van der Waals surface area contributed by atoms with Crippen molar-refractivity contribution in [3.63, 3.8) is 0 Å². The highest BCUT2D eigenvalue weighted by Gasteiger charge is 2.40. The van der Waals surface area contributed by atoms with Crippen LogP contribution >= 0.6 is 0 Å². The first-order valence-electron chi connectivity index (χ1n) is 42.5. The molecule has 1 fully saturated rings. The number of rotatable bonds is 36. The number of carbonyl (C=O) groups excluding carboxylic acids is 24. The summed E-state index contributed by atoms with van der Waals surface area (Å²) >= 11 is 0. The average Bonchev–Trinajstić information content (AvgIpc) is 0.900. The second kappa shape index (κ2) is 56.6. The molecule has 2 aromatic rings. The van der Waals surface area contributed by atoms with Crippen LogP contribution in [0.4, 0.5) is 0 Å². The maximum Gasteiger partial charge on any atom is 0.243 e. The van der Waals surface area contributed by atoms with E-state index in [-0.39, 0.29) is 60.1 Å². The van der Waals surface area contributed by atoms with Crippen molar-refractivity contribution in [3.05, 3.63) is 59.7 Å². The number of nitrogens with one attached hydrogen (secondary N) is 18.